The molecule has 31 heavy (non-hydrogen) atoms. The number of benzene rings is 2. The molecule has 8 nitrogen and oxygen atoms in total. The molecule has 0 aliphatic rings. The number of thioether (sulfide) groups is 1. The molecule has 3 rings (SSSR count). The van der Waals surface area contributed by atoms with Gasteiger partial charge in [0.05, 0.1) is 12.0 Å². The first-order valence-electron chi connectivity index (χ1n) is 9.51. The highest BCUT2D eigenvalue weighted by Gasteiger charge is 2.30. The van der Waals surface area contributed by atoms with Crippen LogP contribution in [0.2, 0.25) is 0 Å². The van der Waals surface area contributed by atoms with E-state index in [1.165, 1.54) is 35.7 Å². The Labute approximate surface area is 185 Å². The van der Waals surface area contributed by atoms with E-state index in [0.717, 1.165) is 5.56 Å². The number of methoxy groups -OCH3 is 1. The summed E-state index contributed by atoms with van der Waals surface area (Å²) in [5.74, 6) is 0.695. The third kappa shape index (κ3) is 5.02. The Balaban J connectivity index is 1.92. The highest BCUT2D eigenvalue weighted by Crippen LogP contribution is 2.35. The Hall–Kier alpha value is -2.98. The summed E-state index contributed by atoms with van der Waals surface area (Å²) in [6.45, 7) is 3.62. The average molecular weight is 461 g/mol. The Morgan fingerprint density at radius 2 is 1.81 bits per heavy atom. The van der Waals surface area contributed by atoms with Crippen molar-refractivity contribution in [2.45, 2.75) is 35.2 Å². The predicted octanol–water partition coefficient (Wildman–Crippen LogP) is 3.37. The highest BCUT2D eigenvalue weighted by atomic mass is 32.2. The molecule has 0 atom stereocenters. The molecule has 0 aliphatic heterocycles. The minimum atomic E-state index is -3.94. The van der Waals surface area contributed by atoms with Crippen LogP contribution in [-0.4, -0.2) is 37.0 Å². The second kappa shape index (κ2) is 9.44. The molecule has 0 spiro atoms. The van der Waals surface area contributed by atoms with Crippen LogP contribution in [-0.2, 0) is 21.2 Å². The van der Waals surface area contributed by atoms with Crippen LogP contribution >= 0.6 is 11.8 Å². The normalized spacial score (nSPS) is 11.3. The van der Waals surface area contributed by atoms with Crippen molar-refractivity contribution in [2.24, 2.45) is 0 Å². The van der Waals surface area contributed by atoms with Crippen molar-refractivity contribution < 1.29 is 17.9 Å². The molecule has 0 radical (unpaired) electrons. The molecule has 164 valence electrons. The number of carbonyl (C=O) groups excluding carboxylic acids is 1. The van der Waals surface area contributed by atoms with Gasteiger partial charge in [0.1, 0.15) is 28.0 Å². The summed E-state index contributed by atoms with van der Waals surface area (Å²) in [5, 5.41) is 7.34. The van der Waals surface area contributed by atoms with Crippen LogP contribution in [0.25, 0.3) is 0 Å². The van der Waals surface area contributed by atoms with Crippen LogP contribution in [0.4, 0.5) is 11.5 Å². The number of ether oxygens (including phenoxy) is 1. The molecule has 1 heterocycles. The van der Waals surface area contributed by atoms with Gasteiger partial charge in [0.2, 0.25) is 15.7 Å². The van der Waals surface area contributed by atoms with E-state index >= 15 is 0 Å². The Bertz CT molecular complexity index is 1170. The van der Waals surface area contributed by atoms with Gasteiger partial charge in [0.25, 0.3) is 0 Å². The van der Waals surface area contributed by atoms with Gasteiger partial charge < -0.3 is 15.8 Å². The number of nitrogen functional groups attached to an aromatic ring is 1. The van der Waals surface area contributed by atoms with Crippen molar-refractivity contribution >= 4 is 39.0 Å². The van der Waals surface area contributed by atoms with Crippen LogP contribution in [0.1, 0.15) is 12.5 Å². The summed E-state index contributed by atoms with van der Waals surface area (Å²) in [6, 6.07) is 13.4. The number of amides is 1. The van der Waals surface area contributed by atoms with Crippen molar-refractivity contribution in [3.05, 3.63) is 54.1 Å². The van der Waals surface area contributed by atoms with E-state index in [-0.39, 0.29) is 33.1 Å². The van der Waals surface area contributed by atoms with Crippen LogP contribution in [0.3, 0.4) is 0 Å². The van der Waals surface area contributed by atoms with Gasteiger partial charge in [-0.25, -0.2) is 13.1 Å². The molecule has 1 aromatic heterocycles. The van der Waals surface area contributed by atoms with Gasteiger partial charge in [-0.2, -0.15) is 5.10 Å². The number of nitrogens with two attached hydrogens (primary N) is 1. The van der Waals surface area contributed by atoms with Gasteiger partial charge in [-0.3, -0.25) is 4.79 Å². The van der Waals surface area contributed by atoms with E-state index in [9.17, 15) is 13.2 Å². The Kier molecular flexibility index (Phi) is 6.91. The lowest BCUT2D eigenvalue weighted by Gasteiger charge is -2.08. The van der Waals surface area contributed by atoms with Gasteiger partial charge in [-0.05, 0) is 49.1 Å². The lowest BCUT2D eigenvalue weighted by Crippen LogP contribution is -2.21. The zero-order chi connectivity index (χ0) is 22.6. The summed E-state index contributed by atoms with van der Waals surface area (Å²) in [4.78, 5) is 12.5. The number of rotatable bonds is 8. The fourth-order valence-corrected chi connectivity index (χ4v) is 5.44. The Morgan fingerprint density at radius 1 is 1.16 bits per heavy atom. The van der Waals surface area contributed by atoms with Gasteiger partial charge >= 0.3 is 0 Å². The molecule has 0 saturated carbocycles. The Morgan fingerprint density at radius 3 is 2.39 bits per heavy atom. The fourth-order valence-electron chi connectivity index (χ4n) is 2.89. The van der Waals surface area contributed by atoms with Gasteiger partial charge in [0, 0.05) is 5.69 Å². The van der Waals surface area contributed by atoms with E-state index in [1.54, 1.807) is 24.3 Å². The first kappa shape index (κ1) is 22.7. The molecule has 0 bridgehead atoms. The largest absolute Gasteiger partial charge is 0.497 e. The summed E-state index contributed by atoms with van der Waals surface area (Å²) >= 11 is 1.25. The number of hydrogen-bond donors (Lipinski definition) is 2. The van der Waals surface area contributed by atoms with Crippen molar-refractivity contribution in [1.82, 2.24) is 9.78 Å². The summed E-state index contributed by atoms with van der Waals surface area (Å²) in [7, 11) is -2.44. The number of nitrogens with one attached hydrogen (secondary N) is 1. The van der Waals surface area contributed by atoms with Gasteiger partial charge in [-0.1, -0.05) is 24.6 Å². The maximum Gasteiger partial charge on any atom is 0.246 e. The first-order chi connectivity index (χ1) is 14.8. The SMILES string of the molecule is CCSc1nn(CC(=O)Nc2ccc(C)cc2)c(N)c1S(=O)(=O)c1ccc(OC)cc1. The van der Waals surface area contributed by atoms with E-state index in [2.05, 4.69) is 10.4 Å². The molecule has 0 fully saturated rings. The number of hydrogen-bond acceptors (Lipinski definition) is 7. The molecular formula is C21H24N4O4S2. The van der Waals surface area contributed by atoms with Crippen LogP contribution < -0.4 is 15.8 Å². The quantitative estimate of drug-likeness (QED) is 0.495. The maximum absolute atomic E-state index is 13.3. The maximum atomic E-state index is 13.3. The molecule has 3 aromatic rings. The average Bonchev–Trinajstić information content (AvgIpc) is 3.05. The third-order valence-corrected chi connectivity index (χ3v) is 7.27. The van der Waals surface area contributed by atoms with Crippen molar-refractivity contribution in [3.63, 3.8) is 0 Å². The first-order valence-corrected chi connectivity index (χ1v) is 12.0. The lowest BCUT2D eigenvalue weighted by molar-refractivity contribution is -0.116. The molecule has 0 aliphatic carbocycles. The van der Waals surface area contributed by atoms with Gasteiger partial charge in [-0.15, -0.1) is 11.8 Å². The zero-order valence-corrected chi connectivity index (χ0v) is 19.1. The number of aryl methyl sites for hydroxylation is 1. The monoisotopic (exact) mass is 460 g/mol. The van der Waals surface area contributed by atoms with E-state index < -0.39 is 9.84 Å². The van der Waals surface area contributed by atoms with E-state index in [0.29, 0.717) is 17.2 Å². The molecule has 0 unspecified atom stereocenters. The topological polar surface area (TPSA) is 116 Å². The second-order valence-electron chi connectivity index (χ2n) is 6.70. The van der Waals surface area contributed by atoms with Crippen molar-refractivity contribution in [2.75, 3.05) is 23.9 Å². The molecule has 1 amide bonds. The summed E-state index contributed by atoms with van der Waals surface area (Å²) in [6.07, 6.45) is 0. The smallest absolute Gasteiger partial charge is 0.246 e. The lowest BCUT2D eigenvalue weighted by atomic mass is 10.2. The molecule has 3 N–H and O–H groups in total. The zero-order valence-electron chi connectivity index (χ0n) is 17.5. The summed E-state index contributed by atoms with van der Waals surface area (Å²) in [5.41, 5.74) is 7.89. The van der Waals surface area contributed by atoms with Crippen LogP contribution in [0.15, 0.2) is 63.3 Å². The van der Waals surface area contributed by atoms with Crippen molar-refractivity contribution in [1.29, 1.82) is 0 Å². The highest BCUT2D eigenvalue weighted by molar-refractivity contribution is 8.00. The number of nitrogens with zero attached hydrogens (tertiary/aromatic N) is 2. The second-order valence-corrected chi connectivity index (χ2v) is 9.84. The van der Waals surface area contributed by atoms with E-state index in [1.807, 2.05) is 26.0 Å². The molecule has 2 aromatic carbocycles. The van der Waals surface area contributed by atoms with E-state index in [4.69, 9.17) is 10.5 Å². The molecular weight excluding hydrogens is 436 g/mol. The fraction of sp³-hybridized carbons (Fsp3) is 0.238. The molecule has 0 saturated heterocycles. The van der Waals surface area contributed by atoms with Gasteiger partial charge in [0.15, 0.2) is 0 Å². The number of sulfone groups is 1. The third-order valence-electron chi connectivity index (χ3n) is 4.46. The summed E-state index contributed by atoms with van der Waals surface area (Å²) < 4.78 is 32.9. The predicted molar refractivity (Wildman–Crippen MR) is 121 cm³/mol. The van der Waals surface area contributed by atoms with Crippen molar-refractivity contribution in [3.8, 4) is 5.75 Å². The molecule has 10 heteroatoms. The minimum Gasteiger partial charge on any atom is -0.497 e. The van der Waals surface area contributed by atoms with Crippen LogP contribution in [0.5, 0.6) is 5.75 Å². The minimum absolute atomic E-state index is 0.0709. The number of carbonyl (C=O) groups is 1. The number of anilines is 2. The standard InChI is InChI=1S/C21H24N4O4S2/c1-4-30-21-19(31(27,28)17-11-9-16(29-3)10-12-17)20(22)25(24-21)13-18(26)23-15-7-5-14(2)6-8-15/h5-12H,4,13,22H2,1-3H3,(H,23,26). The van der Waals surface area contributed by atoms with Crippen LogP contribution in [0, 0.1) is 6.92 Å². The number of aromatic nitrogens is 2.